The van der Waals surface area contributed by atoms with Crippen molar-refractivity contribution in [3.05, 3.63) is 0 Å². The Morgan fingerprint density at radius 3 is 2.44 bits per heavy atom. The molecule has 1 aliphatic heterocycles. The largest absolute Gasteiger partial charge is 0.381 e. The molecule has 3 heteroatoms. The van der Waals surface area contributed by atoms with E-state index in [9.17, 15) is 4.79 Å². The molecule has 1 fully saturated rings. The van der Waals surface area contributed by atoms with Crippen molar-refractivity contribution in [3.63, 3.8) is 0 Å². The first-order chi connectivity index (χ1) is 4.13. The zero-order valence-electron chi connectivity index (χ0n) is 5.66. The van der Waals surface area contributed by atoms with Gasteiger partial charge in [-0.25, -0.2) is 0 Å². The number of carbonyl (C=O) groups is 1. The summed E-state index contributed by atoms with van der Waals surface area (Å²) in [5.41, 5.74) is 0. The van der Waals surface area contributed by atoms with Crippen LogP contribution in [0.1, 0.15) is 13.8 Å². The van der Waals surface area contributed by atoms with Crippen molar-refractivity contribution in [2.75, 3.05) is 6.54 Å². The highest BCUT2D eigenvalue weighted by Crippen LogP contribution is 2.12. The highest BCUT2D eigenvalue weighted by Gasteiger charge is 2.35. The SMILES string of the molecule is CC(C)N1CC(O)C1=O. The molecule has 0 aliphatic carbocycles. The minimum Gasteiger partial charge on any atom is -0.381 e. The molecule has 1 saturated heterocycles. The van der Waals surface area contributed by atoms with E-state index < -0.39 is 6.10 Å². The summed E-state index contributed by atoms with van der Waals surface area (Å²) in [6.45, 7) is 4.38. The molecule has 9 heavy (non-hydrogen) atoms. The van der Waals surface area contributed by atoms with Crippen LogP contribution in [0.2, 0.25) is 0 Å². The second kappa shape index (κ2) is 1.99. The number of hydrogen-bond donors (Lipinski definition) is 1. The number of likely N-dealkylation sites (tertiary alicyclic amines) is 1. The molecule has 0 aromatic heterocycles. The van der Waals surface area contributed by atoms with Crippen LogP contribution >= 0.6 is 0 Å². The Kier molecular flexibility index (Phi) is 1.45. The van der Waals surface area contributed by atoms with Gasteiger partial charge in [0.1, 0.15) is 6.10 Å². The second-order valence-corrected chi connectivity index (χ2v) is 2.60. The first-order valence-electron chi connectivity index (χ1n) is 3.11. The number of amides is 1. The fraction of sp³-hybridized carbons (Fsp3) is 0.833. The lowest BCUT2D eigenvalue weighted by Gasteiger charge is -2.38. The number of β-amino-alcohol motifs (C(OH)–C–C–N with tert-alkyl or cyclic N) is 1. The molecular weight excluding hydrogens is 118 g/mol. The second-order valence-electron chi connectivity index (χ2n) is 2.60. The third-order valence-corrected chi connectivity index (χ3v) is 1.56. The van der Waals surface area contributed by atoms with Gasteiger partial charge in [0.2, 0.25) is 0 Å². The summed E-state index contributed by atoms with van der Waals surface area (Å²) in [6, 6.07) is 0.237. The molecule has 1 unspecified atom stereocenters. The summed E-state index contributed by atoms with van der Waals surface area (Å²) in [4.78, 5) is 12.3. The first kappa shape index (κ1) is 6.55. The number of β-lactam (4-membered cyclic amide) rings is 1. The molecule has 1 N–H and O–H groups in total. The molecule has 52 valence electrons. The molecule has 1 aliphatic rings. The van der Waals surface area contributed by atoms with Crippen molar-refractivity contribution in [1.29, 1.82) is 0 Å². The summed E-state index contributed by atoms with van der Waals surface area (Å²) in [5.74, 6) is -0.134. The minimum absolute atomic E-state index is 0.134. The smallest absolute Gasteiger partial charge is 0.253 e. The number of hydrogen-bond acceptors (Lipinski definition) is 2. The van der Waals surface area contributed by atoms with Crippen LogP contribution in [-0.2, 0) is 4.79 Å². The van der Waals surface area contributed by atoms with Crippen molar-refractivity contribution < 1.29 is 9.90 Å². The van der Waals surface area contributed by atoms with Crippen molar-refractivity contribution in [2.45, 2.75) is 26.0 Å². The van der Waals surface area contributed by atoms with Gasteiger partial charge in [0.25, 0.3) is 5.91 Å². The average molecular weight is 129 g/mol. The van der Waals surface area contributed by atoms with Crippen molar-refractivity contribution in [1.82, 2.24) is 4.90 Å². The van der Waals surface area contributed by atoms with Crippen LogP contribution in [-0.4, -0.2) is 34.6 Å². The normalized spacial score (nSPS) is 26.9. The van der Waals surface area contributed by atoms with E-state index in [0.29, 0.717) is 6.54 Å². The van der Waals surface area contributed by atoms with Gasteiger partial charge in [-0.2, -0.15) is 0 Å². The first-order valence-corrected chi connectivity index (χ1v) is 3.11. The van der Waals surface area contributed by atoms with E-state index in [1.165, 1.54) is 0 Å². The van der Waals surface area contributed by atoms with E-state index in [0.717, 1.165) is 0 Å². The van der Waals surface area contributed by atoms with Gasteiger partial charge in [-0.15, -0.1) is 0 Å². The average Bonchev–Trinajstić information content (AvgIpc) is 1.81. The molecule has 0 spiro atoms. The van der Waals surface area contributed by atoms with E-state index in [2.05, 4.69) is 0 Å². The van der Waals surface area contributed by atoms with Crippen LogP contribution in [0.5, 0.6) is 0 Å². The predicted molar refractivity (Wildman–Crippen MR) is 32.9 cm³/mol. The number of rotatable bonds is 1. The molecular formula is C6H11NO2. The Morgan fingerprint density at radius 1 is 1.78 bits per heavy atom. The standard InChI is InChI=1S/C6H11NO2/c1-4(2)7-3-5(8)6(7)9/h4-5,8H,3H2,1-2H3. The molecule has 0 radical (unpaired) electrons. The molecule has 1 amide bonds. The maximum atomic E-state index is 10.7. The van der Waals surface area contributed by atoms with E-state index >= 15 is 0 Å². The summed E-state index contributed by atoms with van der Waals surface area (Å²) in [5, 5.41) is 8.74. The van der Waals surface area contributed by atoms with Gasteiger partial charge in [0.05, 0.1) is 6.54 Å². The fourth-order valence-electron chi connectivity index (χ4n) is 0.899. The van der Waals surface area contributed by atoms with Gasteiger partial charge >= 0.3 is 0 Å². The number of carbonyl (C=O) groups excluding carboxylic acids is 1. The molecule has 0 bridgehead atoms. The molecule has 0 aromatic carbocycles. The van der Waals surface area contributed by atoms with E-state index in [4.69, 9.17) is 5.11 Å². The maximum Gasteiger partial charge on any atom is 0.253 e. The van der Waals surface area contributed by atoms with Crippen LogP contribution in [0.15, 0.2) is 0 Å². The van der Waals surface area contributed by atoms with Crippen LogP contribution in [0.25, 0.3) is 0 Å². The Morgan fingerprint density at radius 2 is 2.33 bits per heavy atom. The highest BCUT2D eigenvalue weighted by atomic mass is 16.3. The quantitative estimate of drug-likeness (QED) is 0.489. The van der Waals surface area contributed by atoms with E-state index in [1.54, 1.807) is 4.90 Å². The predicted octanol–water partition coefficient (Wildman–Crippen LogP) is -0.402. The van der Waals surface area contributed by atoms with E-state index in [-0.39, 0.29) is 11.9 Å². The molecule has 1 rings (SSSR count). The van der Waals surface area contributed by atoms with Crippen molar-refractivity contribution >= 4 is 5.91 Å². The van der Waals surface area contributed by atoms with Crippen molar-refractivity contribution in [3.8, 4) is 0 Å². The van der Waals surface area contributed by atoms with Gasteiger partial charge in [-0.05, 0) is 13.8 Å². The molecule has 1 atom stereocenters. The summed E-state index contributed by atoms with van der Waals surface area (Å²) >= 11 is 0. The Balaban J connectivity index is 2.42. The van der Waals surface area contributed by atoms with Gasteiger partial charge < -0.3 is 10.0 Å². The van der Waals surface area contributed by atoms with Crippen LogP contribution in [0, 0.1) is 0 Å². The fourth-order valence-corrected chi connectivity index (χ4v) is 0.899. The molecule has 1 heterocycles. The zero-order valence-corrected chi connectivity index (χ0v) is 5.66. The lowest BCUT2D eigenvalue weighted by Crippen LogP contribution is -2.58. The number of aliphatic hydroxyl groups is 1. The van der Waals surface area contributed by atoms with Gasteiger partial charge in [-0.1, -0.05) is 0 Å². The Hall–Kier alpha value is -0.570. The lowest BCUT2D eigenvalue weighted by atomic mass is 10.1. The zero-order chi connectivity index (χ0) is 7.02. The third kappa shape index (κ3) is 0.920. The maximum absolute atomic E-state index is 10.7. The van der Waals surface area contributed by atoms with Gasteiger partial charge in [0.15, 0.2) is 0 Å². The monoisotopic (exact) mass is 129 g/mol. The van der Waals surface area contributed by atoms with Crippen molar-refractivity contribution in [2.24, 2.45) is 0 Å². The number of nitrogens with zero attached hydrogens (tertiary/aromatic N) is 1. The summed E-state index contributed by atoms with van der Waals surface area (Å²) in [7, 11) is 0. The molecule has 3 nitrogen and oxygen atoms in total. The van der Waals surface area contributed by atoms with Gasteiger partial charge in [0, 0.05) is 6.04 Å². The lowest BCUT2D eigenvalue weighted by molar-refractivity contribution is -0.158. The number of aliphatic hydroxyl groups excluding tert-OH is 1. The van der Waals surface area contributed by atoms with Gasteiger partial charge in [-0.3, -0.25) is 4.79 Å². The minimum atomic E-state index is -0.715. The van der Waals surface area contributed by atoms with Crippen LogP contribution < -0.4 is 0 Å². The Labute approximate surface area is 54.3 Å². The summed E-state index contributed by atoms with van der Waals surface area (Å²) in [6.07, 6.45) is -0.715. The molecule has 0 saturated carbocycles. The third-order valence-electron chi connectivity index (χ3n) is 1.56. The summed E-state index contributed by atoms with van der Waals surface area (Å²) < 4.78 is 0. The molecule has 0 aromatic rings. The van der Waals surface area contributed by atoms with E-state index in [1.807, 2.05) is 13.8 Å². The highest BCUT2D eigenvalue weighted by molar-refractivity contribution is 5.86. The van der Waals surface area contributed by atoms with Crippen LogP contribution in [0.3, 0.4) is 0 Å². The Bertz CT molecular complexity index is 133. The topological polar surface area (TPSA) is 40.5 Å². The van der Waals surface area contributed by atoms with Crippen LogP contribution in [0.4, 0.5) is 0 Å².